The average molecular weight is 334 g/mol. The lowest BCUT2D eigenvalue weighted by Gasteiger charge is -2.30. The third-order valence-corrected chi connectivity index (χ3v) is 3.78. The molecule has 2 aliphatic heterocycles. The third-order valence-electron chi connectivity index (χ3n) is 3.56. The van der Waals surface area contributed by atoms with Crippen LogP contribution < -0.4 is 20.1 Å². The Balaban J connectivity index is 1.99. The van der Waals surface area contributed by atoms with Crippen LogP contribution in [0.1, 0.15) is 32.4 Å². The number of ether oxygens (including phenoxy) is 3. The number of benzene rings is 1. The average Bonchev–Trinajstić information content (AvgIpc) is 2.92. The van der Waals surface area contributed by atoms with Crippen molar-refractivity contribution in [3.63, 3.8) is 0 Å². The number of rotatable bonds is 3. The van der Waals surface area contributed by atoms with E-state index in [1.54, 1.807) is 0 Å². The summed E-state index contributed by atoms with van der Waals surface area (Å²) in [5, 5.41) is 6.57. The molecular formula is C16H18N2O4S. The van der Waals surface area contributed by atoms with E-state index in [2.05, 4.69) is 10.6 Å². The Kier molecular flexibility index (Phi) is 4.12. The number of carbonyl (C=O) groups excluding carboxylic acids is 1. The van der Waals surface area contributed by atoms with Crippen LogP contribution in [-0.2, 0) is 9.53 Å². The quantitative estimate of drug-likeness (QED) is 0.648. The van der Waals surface area contributed by atoms with Gasteiger partial charge in [0.15, 0.2) is 16.6 Å². The first-order valence-corrected chi connectivity index (χ1v) is 7.75. The van der Waals surface area contributed by atoms with Gasteiger partial charge in [0, 0.05) is 5.70 Å². The smallest absolute Gasteiger partial charge is 0.338 e. The van der Waals surface area contributed by atoms with E-state index >= 15 is 0 Å². The van der Waals surface area contributed by atoms with Crippen molar-refractivity contribution in [2.45, 2.75) is 32.9 Å². The molecule has 0 spiro atoms. The number of hydrogen-bond donors (Lipinski definition) is 2. The Morgan fingerprint density at radius 1 is 1.35 bits per heavy atom. The minimum absolute atomic E-state index is 0.200. The summed E-state index contributed by atoms with van der Waals surface area (Å²) >= 11 is 5.22. The molecule has 2 N–H and O–H groups in total. The predicted molar refractivity (Wildman–Crippen MR) is 88.1 cm³/mol. The molecule has 6 nitrogen and oxygen atoms in total. The molecule has 7 heteroatoms. The Morgan fingerprint density at radius 3 is 2.83 bits per heavy atom. The Morgan fingerprint density at radius 2 is 2.09 bits per heavy atom. The Bertz CT molecular complexity index is 699. The Hall–Kier alpha value is -2.28. The van der Waals surface area contributed by atoms with E-state index in [9.17, 15) is 4.79 Å². The van der Waals surface area contributed by atoms with Crippen LogP contribution in [0.2, 0.25) is 0 Å². The van der Waals surface area contributed by atoms with Gasteiger partial charge in [-0.05, 0) is 50.7 Å². The number of carbonyl (C=O) groups is 1. The van der Waals surface area contributed by atoms with E-state index in [-0.39, 0.29) is 18.9 Å². The molecule has 0 amide bonds. The lowest BCUT2D eigenvalue weighted by atomic mass is 9.95. The lowest BCUT2D eigenvalue weighted by Crippen LogP contribution is -2.45. The van der Waals surface area contributed by atoms with Gasteiger partial charge in [-0.1, -0.05) is 6.07 Å². The first-order chi connectivity index (χ1) is 11.0. The van der Waals surface area contributed by atoms with Crippen LogP contribution in [-0.4, -0.2) is 24.0 Å². The van der Waals surface area contributed by atoms with Gasteiger partial charge in [-0.2, -0.15) is 0 Å². The first-order valence-electron chi connectivity index (χ1n) is 7.34. The van der Waals surface area contributed by atoms with Crippen molar-refractivity contribution in [3.05, 3.63) is 35.0 Å². The van der Waals surface area contributed by atoms with Crippen LogP contribution in [0.15, 0.2) is 29.5 Å². The molecule has 0 saturated heterocycles. The summed E-state index contributed by atoms with van der Waals surface area (Å²) in [6.07, 6.45) is -0.200. The van der Waals surface area contributed by atoms with Gasteiger partial charge in [-0.3, -0.25) is 0 Å². The summed E-state index contributed by atoms with van der Waals surface area (Å²) in [7, 11) is 0. The van der Waals surface area contributed by atoms with Gasteiger partial charge < -0.3 is 24.8 Å². The highest BCUT2D eigenvalue weighted by atomic mass is 32.1. The van der Waals surface area contributed by atoms with Crippen LogP contribution in [0.3, 0.4) is 0 Å². The van der Waals surface area contributed by atoms with Crippen molar-refractivity contribution in [1.29, 1.82) is 0 Å². The summed E-state index contributed by atoms with van der Waals surface area (Å²) in [5.74, 6) is 0.975. The normalized spacial score (nSPS) is 19.5. The fraction of sp³-hybridized carbons (Fsp3) is 0.375. The van der Waals surface area contributed by atoms with Crippen molar-refractivity contribution in [2.75, 3.05) is 6.79 Å². The maximum Gasteiger partial charge on any atom is 0.338 e. The second kappa shape index (κ2) is 6.08. The molecule has 0 bridgehead atoms. The van der Waals surface area contributed by atoms with Crippen LogP contribution in [0.5, 0.6) is 11.5 Å². The molecular weight excluding hydrogens is 316 g/mol. The molecule has 0 aliphatic carbocycles. The molecule has 3 rings (SSSR count). The van der Waals surface area contributed by atoms with Crippen molar-refractivity contribution >= 4 is 23.3 Å². The molecule has 0 aromatic heterocycles. The molecule has 23 heavy (non-hydrogen) atoms. The minimum Gasteiger partial charge on any atom is -0.459 e. The van der Waals surface area contributed by atoms with E-state index in [1.165, 1.54) is 0 Å². The highest BCUT2D eigenvalue weighted by Gasteiger charge is 2.32. The molecule has 0 saturated carbocycles. The van der Waals surface area contributed by atoms with Crippen LogP contribution in [0.4, 0.5) is 0 Å². The molecule has 122 valence electrons. The van der Waals surface area contributed by atoms with E-state index < -0.39 is 6.04 Å². The summed E-state index contributed by atoms with van der Waals surface area (Å²) in [6, 6.07) is 5.16. The van der Waals surface area contributed by atoms with Gasteiger partial charge in [-0.25, -0.2) is 4.79 Å². The van der Waals surface area contributed by atoms with E-state index in [4.69, 9.17) is 26.4 Å². The molecule has 2 aliphatic rings. The summed E-state index contributed by atoms with van der Waals surface area (Å²) < 4.78 is 16.1. The van der Waals surface area contributed by atoms with E-state index in [1.807, 2.05) is 39.0 Å². The topological polar surface area (TPSA) is 68.8 Å². The zero-order chi connectivity index (χ0) is 16.6. The zero-order valence-electron chi connectivity index (χ0n) is 13.1. The number of allylic oxidation sites excluding steroid dienone is 1. The number of thiocarbonyl (C=S) groups is 1. The Labute approximate surface area is 139 Å². The van der Waals surface area contributed by atoms with Gasteiger partial charge in [0.2, 0.25) is 6.79 Å². The monoisotopic (exact) mass is 334 g/mol. The lowest BCUT2D eigenvalue weighted by molar-refractivity contribution is -0.143. The van der Waals surface area contributed by atoms with Crippen molar-refractivity contribution in [3.8, 4) is 11.5 Å². The second-order valence-electron chi connectivity index (χ2n) is 5.64. The summed E-state index contributed by atoms with van der Waals surface area (Å²) in [4.78, 5) is 12.5. The number of hydrogen-bond acceptors (Lipinski definition) is 5. The number of nitrogens with one attached hydrogen (secondary N) is 2. The molecule has 2 heterocycles. The molecule has 1 aromatic carbocycles. The second-order valence-corrected chi connectivity index (χ2v) is 6.05. The van der Waals surface area contributed by atoms with Gasteiger partial charge in [0.25, 0.3) is 0 Å². The van der Waals surface area contributed by atoms with Gasteiger partial charge >= 0.3 is 5.97 Å². The van der Waals surface area contributed by atoms with Gasteiger partial charge in [0.1, 0.15) is 0 Å². The molecule has 0 fully saturated rings. The molecule has 0 radical (unpaired) electrons. The standard InChI is InChI=1S/C16H18N2O4S/c1-8(2)22-15(19)13-9(3)17-16(23)18-14(13)10-4-5-11-12(6-10)21-7-20-11/h4-6,8,14H,7H2,1-3H3,(H2,17,18,23)/t14-/m1/s1. The van der Waals surface area contributed by atoms with Gasteiger partial charge in [0.05, 0.1) is 17.7 Å². The van der Waals surface area contributed by atoms with E-state index in [0.717, 1.165) is 5.56 Å². The fourth-order valence-corrected chi connectivity index (χ4v) is 2.86. The predicted octanol–water partition coefficient (Wildman–Crippen LogP) is 2.16. The zero-order valence-corrected chi connectivity index (χ0v) is 14.0. The molecule has 1 atom stereocenters. The third kappa shape index (κ3) is 3.10. The first kappa shape index (κ1) is 15.6. The SMILES string of the molecule is CC1=C(C(=O)OC(C)C)[C@@H](c2ccc3c(c2)OCO3)NC(=S)N1. The summed E-state index contributed by atoms with van der Waals surface area (Å²) in [5.41, 5.74) is 2.04. The molecule has 0 unspecified atom stereocenters. The van der Waals surface area contributed by atoms with Crippen LogP contribution in [0.25, 0.3) is 0 Å². The fourth-order valence-electron chi connectivity index (χ4n) is 2.58. The van der Waals surface area contributed by atoms with Crippen LogP contribution in [0, 0.1) is 0 Å². The van der Waals surface area contributed by atoms with Crippen LogP contribution >= 0.6 is 12.2 Å². The number of fused-ring (bicyclic) bond motifs is 1. The van der Waals surface area contributed by atoms with E-state index in [0.29, 0.717) is 27.9 Å². The highest BCUT2D eigenvalue weighted by Crippen LogP contribution is 2.37. The van der Waals surface area contributed by atoms with Crippen molar-refractivity contribution in [2.24, 2.45) is 0 Å². The highest BCUT2D eigenvalue weighted by molar-refractivity contribution is 7.80. The number of esters is 1. The van der Waals surface area contributed by atoms with Crippen molar-refractivity contribution in [1.82, 2.24) is 10.6 Å². The summed E-state index contributed by atoms with van der Waals surface area (Å²) in [6.45, 7) is 5.65. The van der Waals surface area contributed by atoms with Crippen molar-refractivity contribution < 1.29 is 19.0 Å². The molecule has 1 aromatic rings. The van der Waals surface area contributed by atoms with Gasteiger partial charge in [-0.15, -0.1) is 0 Å². The largest absolute Gasteiger partial charge is 0.459 e. The minimum atomic E-state index is -0.399. The maximum atomic E-state index is 12.5. The maximum absolute atomic E-state index is 12.5.